The normalized spacial score (nSPS) is 14.7. The van der Waals surface area contributed by atoms with Gasteiger partial charge in [-0.1, -0.05) is 52.3 Å². The molecule has 0 aliphatic carbocycles. The molecule has 0 N–H and O–H groups in total. The highest BCUT2D eigenvalue weighted by Crippen LogP contribution is 2.41. The van der Waals surface area contributed by atoms with Crippen LogP contribution in [-0.2, 0) is 0 Å². The molecule has 4 heteroatoms. The lowest BCUT2D eigenvalue weighted by atomic mass is 10.1. The minimum Gasteiger partial charge on any atom is -0.496 e. The second-order valence-corrected chi connectivity index (χ2v) is 7.23. The fraction of sp³-hybridized carbons (Fsp3) is 0.182. The van der Waals surface area contributed by atoms with Gasteiger partial charge < -0.3 is 14.5 Å². The number of halogens is 1. The monoisotopic (exact) mass is 408 g/mol. The number of ether oxygens (including phenoxy) is 1. The average molecular weight is 409 g/mol. The maximum absolute atomic E-state index is 5.71. The molecule has 3 nitrogen and oxygen atoms in total. The smallest absolute Gasteiger partial charge is 0.132 e. The van der Waals surface area contributed by atoms with Crippen molar-refractivity contribution in [3.05, 3.63) is 88.9 Å². The first-order chi connectivity index (χ1) is 12.8. The number of methoxy groups -OCH3 is 1. The van der Waals surface area contributed by atoms with Crippen LogP contribution in [0.5, 0.6) is 5.75 Å². The number of hydrogen-bond donors (Lipinski definition) is 0. The van der Waals surface area contributed by atoms with Crippen LogP contribution in [0.2, 0.25) is 0 Å². The van der Waals surface area contributed by atoms with E-state index in [1.165, 1.54) is 11.4 Å². The minimum absolute atomic E-state index is 0.0762. The Balaban J connectivity index is 1.84. The highest BCUT2D eigenvalue weighted by Gasteiger charge is 2.35. The fourth-order valence-corrected chi connectivity index (χ4v) is 4.03. The van der Waals surface area contributed by atoms with Crippen LogP contribution in [0, 0.1) is 0 Å². The zero-order valence-electron chi connectivity index (χ0n) is 14.7. The molecule has 1 saturated heterocycles. The minimum atomic E-state index is 0.0762. The van der Waals surface area contributed by atoms with Gasteiger partial charge in [-0.2, -0.15) is 0 Å². The standard InChI is InChI=1S/C22H21BrN2O/c1-26-21-13-12-17(23)16-20(21)22-24(18-8-4-2-5-9-18)14-15-25(22)19-10-6-3-7-11-19/h2-13,16,22H,14-15H2,1H3. The van der Waals surface area contributed by atoms with Gasteiger partial charge in [0.2, 0.25) is 0 Å². The molecular formula is C22H21BrN2O. The van der Waals surface area contributed by atoms with Gasteiger partial charge in [0.25, 0.3) is 0 Å². The van der Waals surface area contributed by atoms with Gasteiger partial charge in [-0.25, -0.2) is 0 Å². The summed E-state index contributed by atoms with van der Waals surface area (Å²) in [5.74, 6) is 0.905. The second-order valence-electron chi connectivity index (χ2n) is 6.32. The lowest BCUT2D eigenvalue weighted by Gasteiger charge is -2.34. The molecule has 1 fully saturated rings. The summed E-state index contributed by atoms with van der Waals surface area (Å²) >= 11 is 3.63. The summed E-state index contributed by atoms with van der Waals surface area (Å²) in [4.78, 5) is 4.88. The van der Waals surface area contributed by atoms with E-state index < -0.39 is 0 Å². The first kappa shape index (κ1) is 17.0. The summed E-state index contributed by atoms with van der Waals surface area (Å²) in [6.07, 6.45) is 0.0762. The summed E-state index contributed by atoms with van der Waals surface area (Å²) < 4.78 is 6.76. The quantitative estimate of drug-likeness (QED) is 0.567. The maximum Gasteiger partial charge on any atom is 0.132 e. The molecule has 4 rings (SSSR count). The predicted octanol–water partition coefficient (Wildman–Crippen LogP) is 5.48. The van der Waals surface area contributed by atoms with Crippen LogP contribution in [0.1, 0.15) is 11.7 Å². The zero-order chi connectivity index (χ0) is 17.9. The van der Waals surface area contributed by atoms with Crippen molar-refractivity contribution >= 4 is 27.3 Å². The van der Waals surface area contributed by atoms with Crippen LogP contribution < -0.4 is 14.5 Å². The Hall–Kier alpha value is -2.46. The Kier molecular flexibility index (Phi) is 4.85. The summed E-state index contributed by atoms with van der Waals surface area (Å²) in [5, 5.41) is 0. The second kappa shape index (κ2) is 7.42. The van der Waals surface area contributed by atoms with Gasteiger partial charge in [0, 0.05) is 34.5 Å². The van der Waals surface area contributed by atoms with Crippen molar-refractivity contribution in [2.45, 2.75) is 6.17 Å². The van der Waals surface area contributed by atoms with Crippen molar-refractivity contribution in [1.29, 1.82) is 0 Å². The molecule has 132 valence electrons. The van der Waals surface area contributed by atoms with Gasteiger partial charge >= 0.3 is 0 Å². The van der Waals surface area contributed by atoms with Crippen molar-refractivity contribution in [3.8, 4) is 5.75 Å². The number of benzene rings is 3. The van der Waals surface area contributed by atoms with Crippen molar-refractivity contribution in [1.82, 2.24) is 0 Å². The molecule has 1 aliphatic rings. The first-order valence-corrected chi connectivity index (χ1v) is 9.54. The number of para-hydroxylation sites is 2. The number of nitrogens with zero attached hydrogens (tertiary/aromatic N) is 2. The maximum atomic E-state index is 5.71. The van der Waals surface area contributed by atoms with Gasteiger partial charge in [0.05, 0.1) is 7.11 Å². The van der Waals surface area contributed by atoms with Crippen LogP contribution in [-0.4, -0.2) is 20.2 Å². The molecule has 0 bridgehead atoms. The van der Waals surface area contributed by atoms with E-state index in [9.17, 15) is 0 Å². The Morgan fingerprint density at radius 2 is 1.35 bits per heavy atom. The van der Waals surface area contributed by atoms with Crippen LogP contribution >= 0.6 is 15.9 Å². The lowest BCUT2D eigenvalue weighted by molar-refractivity contribution is 0.405. The van der Waals surface area contributed by atoms with Gasteiger partial charge in [-0.05, 0) is 42.5 Å². The van der Waals surface area contributed by atoms with Gasteiger partial charge in [0.1, 0.15) is 11.9 Å². The molecule has 0 unspecified atom stereocenters. The van der Waals surface area contributed by atoms with Crippen LogP contribution in [0.4, 0.5) is 11.4 Å². The molecular weight excluding hydrogens is 388 g/mol. The SMILES string of the molecule is COc1ccc(Br)cc1C1N(c2ccccc2)CCN1c1ccccc1. The molecule has 1 aliphatic heterocycles. The molecule has 0 spiro atoms. The Labute approximate surface area is 163 Å². The first-order valence-electron chi connectivity index (χ1n) is 8.75. The summed E-state index contributed by atoms with van der Waals surface area (Å²) in [6.45, 7) is 1.92. The molecule has 3 aromatic carbocycles. The third-order valence-electron chi connectivity index (χ3n) is 4.82. The zero-order valence-corrected chi connectivity index (χ0v) is 16.3. The molecule has 0 aromatic heterocycles. The van der Waals surface area contributed by atoms with Crippen LogP contribution in [0.25, 0.3) is 0 Å². The van der Waals surface area contributed by atoms with E-state index >= 15 is 0 Å². The van der Waals surface area contributed by atoms with Gasteiger partial charge in [-0.3, -0.25) is 0 Å². The fourth-order valence-electron chi connectivity index (χ4n) is 3.65. The molecule has 26 heavy (non-hydrogen) atoms. The Morgan fingerprint density at radius 1 is 0.808 bits per heavy atom. The summed E-state index contributed by atoms with van der Waals surface area (Å²) in [5.41, 5.74) is 3.60. The van der Waals surface area contributed by atoms with Gasteiger partial charge in [0.15, 0.2) is 0 Å². The lowest BCUT2D eigenvalue weighted by Crippen LogP contribution is -2.31. The third-order valence-corrected chi connectivity index (χ3v) is 5.31. The van der Waals surface area contributed by atoms with E-state index in [-0.39, 0.29) is 6.17 Å². The molecule has 0 saturated carbocycles. The van der Waals surface area contributed by atoms with Crippen molar-refractivity contribution in [2.24, 2.45) is 0 Å². The summed E-state index contributed by atoms with van der Waals surface area (Å²) in [6, 6.07) is 27.4. The van der Waals surface area contributed by atoms with E-state index in [1.807, 2.05) is 12.1 Å². The molecule has 0 radical (unpaired) electrons. The van der Waals surface area contributed by atoms with E-state index in [1.54, 1.807) is 7.11 Å². The highest BCUT2D eigenvalue weighted by atomic mass is 79.9. The topological polar surface area (TPSA) is 15.7 Å². The molecule has 1 heterocycles. The molecule has 0 amide bonds. The van der Waals surface area contributed by atoms with Crippen molar-refractivity contribution < 1.29 is 4.74 Å². The Bertz CT molecular complexity index is 822. The van der Waals surface area contributed by atoms with Crippen LogP contribution in [0.15, 0.2) is 83.3 Å². The van der Waals surface area contributed by atoms with Crippen molar-refractivity contribution in [2.75, 3.05) is 30.0 Å². The number of hydrogen-bond acceptors (Lipinski definition) is 3. The molecule has 3 aromatic rings. The Morgan fingerprint density at radius 3 is 1.85 bits per heavy atom. The predicted molar refractivity (Wildman–Crippen MR) is 111 cm³/mol. The average Bonchev–Trinajstić information content (AvgIpc) is 3.14. The van der Waals surface area contributed by atoms with Crippen molar-refractivity contribution in [3.63, 3.8) is 0 Å². The summed E-state index contributed by atoms with van der Waals surface area (Å²) in [7, 11) is 1.74. The third kappa shape index (κ3) is 3.17. The van der Waals surface area contributed by atoms with E-state index in [0.29, 0.717) is 0 Å². The molecule has 0 atom stereocenters. The largest absolute Gasteiger partial charge is 0.496 e. The van der Waals surface area contributed by atoms with E-state index in [0.717, 1.165) is 28.9 Å². The van der Waals surface area contributed by atoms with E-state index in [2.05, 4.69) is 92.5 Å². The number of rotatable bonds is 4. The van der Waals surface area contributed by atoms with Crippen LogP contribution in [0.3, 0.4) is 0 Å². The van der Waals surface area contributed by atoms with E-state index in [4.69, 9.17) is 4.74 Å². The number of anilines is 2. The van der Waals surface area contributed by atoms with Gasteiger partial charge in [-0.15, -0.1) is 0 Å². The highest BCUT2D eigenvalue weighted by molar-refractivity contribution is 9.10.